The summed E-state index contributed by atoms with van der Waals surface area (Å²) in [5, 5.41) is 0. The minimum absolute atomic E-state index is 0.0450. The molecule has 36 heavy (non-hydrogen) atoms. The smallest absolute Gasteiger partial charge is 0.361 e. The first-order valence-electron chi connectivity index (χ1n) is 12.2. The van der Waals surface area contributed by atoms with Crippen molar-refractivity contribution in [2.75, 3.05) is 46.8 Å². The first-order valence-corrected chi connectivity index (χ1v) is 13.9. The Morgan fingerprint density at radius 1 is 1.00 bits per heavy atom. The third-order valence-corrected chi connectivity index (χ3v) is 7.83. The van der Waals surface area contributed by atoms with Gasteiger partial charge in [-0.05, 0) is 61.3 Å². The molecular weight excluding hydrogens is 493 g/mol. The predicted octanol–water partition coefficient (Wildman–Crippen LogP) is 3.35. The van der Waals surface area contributed by atoms with Gasteiger partial charge in [-0.15, -0.1) is 0 Å². The lowest BCUT2D eigenvalue weighted by Gasteiger charge is -2.55. The molecule has 3 aliphatic rings. The van der Waals surface area contributed by atoms with Crippen LogP contribution in [0.3, 0.4) is 0 Å². The fourth-order valence-electron chi connectivity index (χ4n) is 4.35. The van der Waals surface area contributed by atoms with Crippen molar-refractivity contribution in [3.63, 3.8) is 0 Å². The average molecular weight is 536 g/mol. The Morgan fingerprint density at radius 3 is 1.97 bits per heavy atom. The van der Waals surface area contributed by atoms with Gasteiger partial charge in [-0.3, -0.25) is 32.9 Å². The molecule has 3 aliphatic heterocycles. The van der Waals surface area contributed by atoms with Crippen molar-refractivity contribution in [1.82, 2.24) is 4.90 Å². The van der Waals surface area contributed by atoms with Crippen LogP contribution in [0.2, 0.25) is 0 Å². The highest BCUT2D eigenvalue weighted by molar-refractivity contribution is 7.53. The summed E-state index contributed by atoms with van der Waals surface area (Å²) in [5.41, 5.74) is -2.58. The summed E-state index contributed by atoms with van der Waals surface area (Å²) in [6.07, 6.45) is 1.03. The van der Waals surface area contributed by atoms with E-state index in [-0.39, 0.29) is 31.0 Å². The van der Waals surface area contributed by atoms with E-state index in [0.717, 1.165) is 19.4 Å². The molecule has 208 valence electrons. The van der Waals surface area contributed by atoms with E-state index in [2.05, 4.69) is 11.8 Å². The van der Waals surface area contributed by atoms with Crippen molar-refractivity contribution in [1.29, 1.82) is 0 Å². The second-order valence-electron chi connectivity index (χ2n) is 11.5. The van der Waals surface area contributed by atoms with Crippen molar-refractivity contribution in [2.45, 2.75) is 72.9 Å². The van der Waals surface area contributed by atoms with Crippen molar-refractivity contribution in [3.8, 4) is 0 Å². The number of ketones is 1. The molecule has 3 fully saturated rings. The molecule has 3 rings (SSSR count). The molecule has 0 aromatic carbocycles. The van der Waals surface area contributed by atoms with Gasteiger partial charge in [0.1, 0.15) is 11.9 Å². The molecular formula is C24H42NO10P. The number of carbonyl (C=O) groups is 3. The quantitative estimate of drug-likeness (QED) is 0.207. The number of nitrogens with zero attached hydrogens (tertiary/aromatic N) is 1. The van der Waals surface area contributed by atoms with E-state index in [1.165, 1.54) is 7.11 Å². The summed E-state index contributed by atoms with van der Waals surface area (Å²) in [5.74, 6) is -1.14. The molecule has 12 heteroatoms. The maximum absolute atomic E-state index is 13.4. The van der Waals surface area contributed by atoms with Gasteiger partial charge in [0, 0.05) is 25.6 Å². The second kappa shape index (κ2) is 12.0. The molecule has 0 aromatic heterocycles. The summed E-state index contributed by atoms with van der Waals surface area (Å²) in [7, 11) is -2.53. The van der Waals surface area contributed by atoms with Crippen LogP contribution < -0.4 is 0 Å². The van der Waals surface area contributed by atoms with Gasteiger partial charge in [-0.1, -0.05) is 0 Å². The second-order valence-corrected chi connectivity index (χ2v) is 13.5. The Hall–Kier alpha value is -1.36. The number of carbonyl (C=O) groups excluding carboxylic acids is 3. The molecule has 11 nitrogen and oxygen atoms in total. The van der Waals surface area contributed by atoms with Gasteiger partial charge < -0.3 is 18.9 Å². The van der Waals surface area contributed by atoms with Crippen LogP contribution in [-0.2, 0) is 46.9 Å². The van der Waals surface area contributed by atoms with Crippen molar-refractivity contribution in [3.05, 3.63) is 0 Å². The summed E-state index contributed by atoms with van der Waals surface area (Å²) >= 11 is 0. The molecule has 0 amide bonds. The van der Waals surface area contributed by atoms with Gasteiger partial charge in [0.25, 0.3) is 0 Å². The zero-order valence-corrected chi connectivity index (χ0v) is 23.7. The van der Waals surface area contributed by atoms with Gasteiger partial charge >= 0.3 is 19.5 Å². The number of methoxy groups -OCH3 is 1. The van der Waals surface area contributed by atoms with Crippen LogP contribution in [0.25, 0.3) is 0 Å². The number of esters is 2. The Bertz CT molecular complexity index is 813. The number of Topliss-reactive ketones (excluding diaryl/α,β-unsaturated/α-hetero) is 1. The SMILES string of the molecule is COC[C@]1(COCP(=O)(OCOC(=O)C(C)(C)C)OCOC(=O)C(C)(C)C)C(=O)[C@H]2CCN1[C@H](C)C2. The highest BCUT2D eigenvalue weighted by Gasteiger charge is 2.56. The number of rotatable bonds is 12. The van der Waals surface area contributed by atoms with Gasteiger partial charge in [-0.25, -0.2) is 0 Å². The standard InChI is InChI=1S/C24H42NO10P/c1-17-11-18-9-10-25(17)24(12-30-8,19(18)26)13-31-16-36(29,34-14-32-20(27)22(2,3)4)35-15-33-21(28)23(5,6)7/h17-18H,9-16H2,1-8H3/t17-,18+,24+/m1/s1. The lowest BCUT2D eigenvalue weighted by atomic mass is 9.71. The Balaban J connectivity index is 2.08. The third-order valence-electron chi connectivity index (χ3n) is 6.33. The molecule has 4 atom stereocenters. The average Bonchev–Trinajstić information content (AvgIpc) is 2.75. The van der Waals surface area contributed by atoms with Crippen molar-refractivity contribution >= 4 is 25.3 Å². The molecule has 0 aliphatic carbocycles. The Kier molecular flexibility index (Phi) is 10.3. The third kappa shape index (κ3) is 7.58. The molecule has 0 saturated carbocycles. The van der Waals surface area contributed by atoms with Gasteiger partial charge in [0.2, 0.25) is 13.6 Å². The molecule has 0 spiro atoms. The van der Waals surface area contributed by atoms with Crippen molar-refractivity contribution in [2.24, 2.45) is 16.7 Å². The Morgan fingerprint density at radius 2 is 1.53 bits per heavy atom. The van der Waals surface area contributed by atoms with Crippen molar-refractivity contribution < 1.29 is 46.9 Å². The predicted molar refractivity (Wildman–Crippen MR) is 130 cm³/mol. The van der Waals surface area contributed by atoms with E-state index >= 15 is 0 Å². The fourth-order valence-corrected chi connectivity index (χ4v) is 5.31. The number of piperidine rings is 3. The highest BCUT2D eigenvalue weighted by atomic mass is 31.2. The number of hydrogen-bond acceptors (Lipinski definition) is 11. The molecule has 0 aromatic rings. The molecule has 2 bridgehead atoms. The van der Waals surface area contributed by atoms with E-state index in [9.17, 15) is 18.9 Å². The van der Waals surface area contributed by atoms with Crippen LogP contribution in [0.15, 0.2) is 0 Å². The summed E-state index contributed by atoms with van der Waals surface area (Å²) in [4.78, 5) is 39.4. The van der Waals surface area contributed by atoms with Crippen LogP contribution in [0.5, 0.6) is 0 Å². The van der Waals surface area contributed by atoms with E-state index in [1.54, 1.807) is 41.5 Å². The van der Waals surface area contributed by atoms with Crippen LogP contribution in [0.1, 0.15) is 61.3 Å². The van der Waals surface area contributed by atoms with Gasteiger partial charge in [-0.2, -0.15) is 0 Å². The highest BCUT2D eigenvalue weighted by Crippen LogP contribution is 2.49. The minimum Gasteiger partial charge on any atom is -0.438 e. The first-order chi connectivity index (χ1) is 16.6. The maximum Gasteiger partial charge on any atom is 0.361 e. The summed E-state index contributed by atoms with van der Waals surface area (Å²) < 4.78 is 45.3. The summed E-state index contributed by atoms with van der Waals surface area (Å²) in [6.45, 7) is 11.6. The topological polar surface area (TPSA) is 127 Å². The molecule has 0 N–H and O–H groups in total. The Labute approximate surface area is 214 Å². The minimum atomic E-state index is -4.05. The largest absolute Gasteiger partial charge is 0.438 e. The molecule has 3 saturated heterocycles. The fraction of sp³-hybridized carbons (Fsp3) is 0.875. The van der Waals surface area contributed by atoms with Crippen LogP contribution in [-0.4, -0.2) is 81.0 Å². The van der Waals surface area contributed by atoms with E-state index in [1.807, 2.05) is 0 Å². The van der Waals surface area contributed by atoms with Gasteiger partial charge in [0.05, 0.1) is 24.0 Å². The normalized spacial score (nSPS) is 26.7. The first kappa shape index (κ1) is 30.9. The molecule has 0 radical (unpaired) electrons. The summed E-state index contributed by atoms with van der Waals surface area (Å²) in [6, 6.07) is 0.174. The zero-order chi connectivity index (χ0) is 27.4. The van der Waals surface area contributed by atoms with E-state index in [0.29, 0.717) is 0 Å². The molecule has 1 unspecified atom stereocenters. The number of hydrogen-bond donors (Lipinski definition) is 0. The van der Waals surface area contributed by atoms with Gasteiger partial charge in [0.15, 0.2) is 5.78 Å². The lowest BCUT2D eigenvalue weighted by molar-refractivity contribution is -0.168. The maximum atomic E-state index is 13.4. The zero-order valence-electron chi connectivity index (χ0n) is 22.8. The lowest BCUT2D eigenvalue weighted by Crippen LogP contribution is -2.71. The number of ether oxygens (including phenoxy) is 4. The van der Waals surface area contributed by atoms with Crippen LogP contribution in [0.4, 0.5) is 0 Å². The van der Waals surface area contributed by atoms with Crippen LogP contribution >= 0.6 is 7.60 Å². The molecule has 3 heterocycles. The van der Waals surface area contributed by atoms with E-state index in [4.69, 9.17) is 28.0 Å². The number of fused-ring (bicyclic) bond motifs is 3. The van der Waals surface area contributed by atoms with Crippen LogP contribution in [0, 0.1) is 16.7 Å². The monoisotopic (exact) mass is 535 g/mol. The van der Waals surface area contributed by atoms with E-state index < -0.39 is 55.8 Å².